The number of nitrogens with one attached hydrogen (secondary N) is 1. The molecule has 160 valence electrons. The van der Waals surface area contributed by atoms with E-state index in [4.69, 9.17) is 34.8 Å². The second kappa shape index (κ2) is 8.87. The number of aromatic nitrogens is 1. The first-order chi connectivity index (χ1) is 14.1. The highest BCUT2D eigenvalue weighted by Gasteiger charge is 2.32. The fourth-order valence-electron chi connectivity index (χ4n) is 2.89. The summed E-state index contributed by atoms with van der Waals surface area (Å²) in [5, 5.41) is 2.32. The van der Waals surface area contributed by atoms with Crippen LogP contribution in [0.15, 0.2) is 30.5 Å². The van der Waals surface area contributed by atoms with Crippen LogP contribution in [0.25, 0.3) is 0 Å². The van der Waals surface area contributed by atoms with E-state index >= 15 is 0 Å². The minimum absolute atomic E-state index is 0.00597. The molecular weight excluding hydrogens is 468 g/mol. The van der Waals surface area contributed by atoms with Gasteiger partial charge in [-0.25, -0.2) is 9.78 Å². The average molecular weight is 482 g/mol. The summed E-state index contributed by atoms with van der Waals surface area (Å²) in [6.45, 7) is 0.946. The quantitative estimate of drug-likeness (QED) is 0.673. The van der Waals surface area contributed by atoms with Gasteiger partial charge in [-0.3, -0.25) is 10.1 Å². The molecule has 12 heteroatoms. The fraction of sp³-hybridized carbons (Fsp3) is 0.278. The van der Waals surface area contributed by atoms with Crippen LogP contribution in [0.2, 0.25) is 15.1 Å². The summed E-state index contributed by atoms with van der Waals surface area (Å²) in [6, 6.07) is 4.71. The molecule has 2 aromatic rings. The van der Waals surface area contributed by atoms with Gasteiger partial charge in [0.1, 0.15) is 5.82 Å². The maximum absolute atomic E-state index is 12.8. The predicted octanol–water partition coefficient (Wildman–Crippen LogP) is 4.73. The number of urea groups is 1. The van der Waals surface area contributed by atoms with Gasteiger partial charge in [-0.15, -0.1) is 0 Å². The Balaban J connectivity index is 1.62. The predicted molar refractivity (Wildman–Crippen MR) is 107 cm³/mol. The molecule has 1 aromatic heterocycles. The third kappa shape index (κ3) is 4.91. The first-order valence-electron chi connectivity index (χ1n) is 8.60. The minimum atomic E-state index is -4.54. The lowest BCUT2D eigenvalue weighted by atomic mass is 10.2. The lowest BCUT2D eigenvalue weighted by Crippen LogP contribution is -2.53. The van der Waals surface area contributed by atoms with Crippen molar-refractivity contribution < 1.29 is 22.8 Å². The molecule has 2 heterocycles. The molecule has 1 N–H and O–H groups in total. The Morgan fingerprint density at radius 2 is 1.60 bits per heavy atom. The lowest BCUT2D eigenvalue weighted by Gasteiger charge is -2.35. The number of alkyl halides is 3. The lowest BCUT2D eigenvalue weighted by molar-refractivity contribution is -0.137. The molecule has 1 saturated heterocycles. The molecule has 1 aliphatic rings. The summed E-state index contributed by atoms with van der Waals surface area (Å²) < 4.78 is 38.3. The van der Waals surface area contributed by atoms with E-state index in [1.54, 1.807) is 11.0 Å². The Morgan fingerprint density at radius 1 is 1.00 bits per heavy atom. The van der Waals surface area contributed by atoms with Crippen LogP contribution in [-0.4, -0.2) is 48.0 Å². The highest BCUT2D eigenvalue weighted by Crippen LogP contribution is 2.33. The van der Waals surface area contributed by atoms with Crippen molar-refractivity contribution in [1.82, 2.24) is 15.2 Å². The van der Waals surface area contributed by atoms with Crippen molar-refractivity contribution in [3.05, 3.63) is 56.7 Å². The van der Waals surface area contributed by atoms with Gasteiger partial charge in [0.25, 0.3) is 5.91 Å². The van der Waals surface area contributed by atoms with E-state index in [0.717, 1.165) is 6.07 Å². The van der Waals surface area contributed by atoms with Crippen molar-refractivity contribution in [2.75, 3.05) is 31.1 Å². The molecule has 1 aliphatic heterocycles. The molecule has 3 rings (SSSR count). The highest BCUT2D eigenvalue weighted by atomic mass is 35.5. The van der Waals surface area contributed by atoms with Crippen molar-refractivity contribution in [3.63, 3.8) is 0 Å². The van der Waals surface area contributed by atoms with Gasteiger partial charge in [0.05, 0.1) is 26.2 Å². The number of nitrogens with zero attached hydrogens (tertiary/aromatic N) is 3. The van der Waals surface area contributed by atoms with Gasteiger partial charge in [0.15, 0.2) is 0 Å². The number of piperazine rings is 1. The fourth-order valence-corrected chi connectivity index (χ4v) is 3.75. The number of carbonyl (C=O) groups excluding carboxylic acids is 2. The van der Waals surface area contributed by atoms with E-state index in [-0.39, 0.29) is 52.6 Å². The zero-order valence-electron chi connectivity index (χ0n) is 15.1. The van der Waals surface area contributed by atoms with E-state index in [2.05, 4.69) is 10.3 Å². The molecule has 0 radical (unpaired) electrons. The van der Waals surface area contributed by atoms with Crippen molar-refractivity contribution in [2.24, 2.45) is 0 Å². The standard InChI is InChI=1S/C18H14Cl3F3N4O2/c19-11-2-1-3-12(20)14(11)16(29)26-17(30)28-6-4-27(5-7-28)15-13(21)8-10(9-25-15)18(22,23)24/h1-3,8-9H,4-7H2,(H,26,29,30). The van der Waals surface area contributed by atoms with E-state index in [1.165, 1.54) is 17.0 Å². The molecule has 3 amide bonds. The summed E-state index contributed by atoms with van der Waals surface area (Å²) in [6.07, 6.45) is -3.82. The van der Waals surface area contributed by atoms with E-state index in [9.17, 15) is 22.8 Å². The van der Waals surface area contributed by atoms with Gasteiger partial charge >= 0.3 is 12.2 Å². The number of carbonyl (C=O) groups is 2. The second-order valence-corrected chi connectivity index (χ2v) is 7.58. The maximum Gasteiger partial charge on any atom is 0.417 e. The van der Waals surface area contributed by atoms with Crippen LogP contribution in [-0.2, 0) is 6.18 Å². The van der Waals surface area contributed by atoms with Crippen molar-refractivity contribution in [3.8, 4) is 0 Å². The molecule has 30 heavy (non-hydrogen) atoms. The van der Waals surface area contributed by atoms with Crippen molar-refractivity contribution in [1.29, 1.82) is 0 Å². The number of anilines is 1. The highest BCUT2D eigenvalue weighted by molar-refractivity contribution is 6.40. The summed E-state index contributed by atoms with van der Waals surface area (Å²) in [7, 11) is 0. The average Bonchev–Trinajstić information content (AvgIpc) is 2.67. The Bertz CT molecular complexity index is 959. The van der Waals surface area contributed by atoms with Gasteiger partial charge in [-0.05, 0) is 18.2 Å². The molecule has 0 atom stereocenters. The van der Waals surface area contributed by atoms with Gasteiger partial charge in [0.2, 0.25) is 0 Å². The third-order valence-corrected chi connectivity index (χ3v) is 5.33. The summed E-state index contributed by atoms with van der Waals surface area (Å²) in [5.41, 5.74) is -0.945. The van der Waals surface area contributed by atoms with Gasteiger partial charge in [0, 0.05) is 32.4 Å². The van der Waals surface area contributed by atoms with Crippen LogP contribution in [0.4, 0.5) is 23.8 Å². The number of hydrogen-bond donors (Lipinski definition) is 1. The van der Waals surface area contributed by atoms with E-state index < -0.39 is 23.7 Å². The van der Waals surface area contributed by atoms with Crippen LogP contribution >= 0.6 is 34.8 Å². The maximum atomic E-state index is 12.8. The summed E-state index contributed by atoms with van der Waals surface area (Å²) in [4.78, 5) is 31.6. The van der Waals surface area contributed by atoms with Crippen LogP contribution in [0.3, 0.4) is 0 Å². The number of benzene rings is 1. The van der Waals surface area contributed by atoms with Crippen LogP contribution < -0.4 is 10.2 Å². The number of amides is 3. The number of pyridine rings is 1. The Morgan fingerprint density at radius 3 is 2.13 bits per heavy atom. The van der Waals surface area contributed by atoms with Gasteiger partial charge in [-0.2, -0.15) is 13.2 Å². The monoisotopic (exact) mass is 480 g/mol. The number of halogens is 6. The van der Waals surface area contributed by atoms with Crippen molar-refractivity contribution >= 4 is 52.6 Å². The second-order valence-electron chi connectivity index (χ2n) is 6.36. The zero-order valence-corrected chi connectivity index (χ0v) is 17.4. The number of imide groups is 1. The number of hydrogen-bond acceptors (Lipinski definition) is 4. The largest absolute Gasteiger partial charge is 0.417 e. The molecule has 0 saturated carbocycles. The zero-order chi connectivity index (χ0) is 22.1. The van der Waals surface area contributed by atoms with Crippen LogP contribution in [0.5, 0.6) is 0 Å². The van der Waals surface area contributed by atoms with Crippen LogP contribution in [0, 0.1) is 0 Å². The molecule has 6 nitrogen and oxygen atoms in total. The Hall–Kier alpha value is -2.23. The minimum Gasteiger partial charge on any atom is -0.352 e. The molecule has 0 aliphatic carbocycles. The number of rotatable bonds is 2. The molecular formula is C18H14Cl3F3N4O2. The van der Waals surface area contributed by atoms with E-state index in [0.29, 0.717) is 6.20 Å². The van der Waals surface area contributed by atoms with Gasteiger partial charge < -0.3 is 9.80 Å². The Kier molecular flexibility index (Phi) is 6.64. The molecule has 1 aromatic carbocycles. The molecule has 0 unspecified atom stereocenters. The first kappa shape index (κ1) is 22.5. The third-order valence-electron chi connectivity index (χ3n) is 4.43. The van der Waals surface area contributed by atoms with Crippen LogP contribution in [0.1, 0.15) is 15.9 Å². The smallest absolute Gasteiger partial charge is 0.352 e. The Labute approximate surface area is 184 Å². The van der Waals surface area contributed by atoms with Crippen molar-refractivity contribution in [2.45, 2.75) is 6.18 Å². The molecule has 0 spiro atoms. The SMILES string of the molecule is O=C(NC(=O)N1CCN(c2ncc(C(F)(F)F)cc2Cl)CC1)c1c(Cl)cccc1Cl. The summed E-state index contributed by atoms with van der Waals surface area (Å²) >= 11 is 17.9. The van der Waals surface area contributed by atoms with E-state index in [1.807, 2.05) is 0 Å². The normalized spacial score (nSPS) is 14.6. The molecule has 0 bridgehead atoms. The topological polar surface area (TPSA) is 65.5 Å². The first-order valence-corrected chi connectivity index (χ1v) is 9.73. The summed E-state index contributed by atoms with van der Waals surface area (Å²) in [5.74, 6) is -0.533. The molecule has 1 fully saturated rings. The van der Waals surface area contributed by atoms with Gasteiger partial charge in [-0.1, -0.05) is 40.9 Å².